The van der Waals surface area contributed by atoms with Crippen LogP contribution in [-0.4, -0.2) is 27.2 Å². The van der Waals surface area contributed by atoms with E-state index >= 15 is 0 Å². The molecule has 0 saturated heterocycles. The molecule has 5 nitrogen and oxygen atoms in total. The fourth-order valence-corrected chi connectivity index (χ4v) is 2.47. The van der Waals surface area contributed by atoms with E-state index in [0.717, 1.165) is 13.2 Å². The Labute approximate surface area is 106 Å². The number of carbonyl (C=O) groups is 1. The van der Waals surface area contributed by atoms with Gasteiger partial charge in [-0.15, -0.1) is 0 Å². The summed E-state index contributed by atoms with van der Waals surface area (Å²) in [7, 11) is -2.83. The molecular formula is C9H9BrFNO4S. The van der Waals surface area contributed by atoms with Crippen LogP contribution in [0.3, 0.4) is 0 Å². The van der Waals surface area contributed by atoms with E-state index in [9.17, 15) is 17.6 Å². The number of ether oxygens (including phenoxy) is 1. The molecule has 1 N–H and O–H groups in total. The van der Waals surface area contributed by atoms with Gasteiger partial charge in [-0.2, -0.15) is 0 Å². The topological polar surface area (TPSA) is 72.5 Å². The van der Waals surface area contributed by atoms with Crippen molar-refractivity contribution in [1.29, 1.82) is 0 Å². The number of methoxy groups -OCH3 is 1. The summed E-state index contributed by atoms with van der Waals surface area (Å²) in [6.45, 7) is 0. The van der Waals surface area contributed by atoms with Crippen molar-refractivity contribution in [3.63, 3.8) is 0 Å². The standard InChI is InChI=1S/C9H9BrFNO4S/c1-16-9(13)5-17(14,15)12-8-4-6(11)2-3-7(8)10/h2-4,12H,5H2,1H3. The third-order valence-electron chi connectivity index (χ3n) is 1.73. The highest BCUT2D eigenvalue weighted by atomic mass is 79.9. The average molecular weight is 326 g/mol. The quantitative estimate of drug-likeness (QED) is 0.851. The molecule has 0 amide bonds. The number of halogens is 2. The van der Waals surface area contributed by atoms with Crippen molar-refractivity contribution in [1.82, 2.24) is 0 Å². The van der Waals surface area contributed by atoms with Crippen LogP contribution >= 0.6 is 15.9 Å². The molecule has 0 unspecified atom stereocenters. The monoisotopic (exact) mass is 325 g/mol. The third-order valence-corrected chi connectivity index (χ3v) is 3.57. The first kappa shape index (κ1) is 13.9. The summed E-state index contributed by atoms with van der Waals surface area (Å²) in [5.41, 5.74) is 0.0221. The zero-order valence-electron chi connectivity index (χ0n) is 8.74. The van der Waals surface area contributed by atoms with Gasteiger partial charge in [0.1, 0.15) is 5.82 Å². The molecule has 0 aromatic heterocycles. The van der Waals surface area contributed by atoms with Gasteiger partial charge in [0.05, 0.1) is 12.8 Å². The van der Waals surface area contributed by atoms with E-state index in [0.29, 0.717) is 4.47 Å². The minimum atomic E-state index is -3.91. The Morgan fingerprint density at radius 2 is 2.18 bits per heavy atom. The van der Waals surface area contributed by atoms with Gasteiger partial charge in [-0.1, -0.05) is 0 Å². The highest BCUT2D eigenvalue weighted by Crippen LogP contribution is 2.24. The van der Waals surface area contributed by atoms with Crippen LogP contribution in [-0.2, 0) is 19.6 Å². The Hall–Kier alpha value is -1.15. The van der Waals surface area contributed by atoms with Crippen LogP contribution in [0.15, 0.2) is 22.7 Å². The lowest BCUT2D eigenvalue weighted by atomic mass is 10.3. The number of anilines is 1. The summed E-state index contributed by atoms with van der Waals surface area (Å²) < 4.78 is 42.5. The van der Waals surface area contributed by atoms with Crippen LogP contribution in [0.25, 0.3) is 0 Å². The fourth-order valence-electron chi connectivity index (χ4n) is 0.993. The van der Waals surface area contributed by atoms with E-state index in [2.05, 4.69) is 25.4 Å². The maximum Gasteiger partial charge on any atom is 0.322 e. The molecule has 0 saturated carbocycles. The molecule has 0 aliphatic heterocycles. The molecule has 0 radical (unpaired) electrons. The molecule has 17 heavy (non-hydrogen) atoms. The maximum absolute atomic E-state index is 12.9. The van der Waals surface area contributed by atoms with Gasteiger partial charge in [-0.25, -0.2) is 12.8 Å². The van der Waals surface area contributed by atoms with Gasteiger partial charge >= 0.3 is 5.97 Å². The Balaban J connectivity index is 2.90. The predicted molar refractivity (Wildman–Crippen MR) is 63.5 cm³/mol. The molecule has 0 fully saturated rings. The maximum atomic E-state index is 12.9. The Morgan fingerprint density at radius 3 is 2.76 bits per heavy atom. The van der Waals surface area contributed by atoms with Gasteiger partial charge in [0.15, 0.2) is 5.75 Å². The molecule has 1 aromatic carbocycles. The molecular weight excluding hydrogens is 317 g/mol. The SMILES string of the molecule is COC(=O)CS(=O)(=O)Nc1cc(F)ccc1Br. The summed E-state index contributed by atoms with van der Waals surface area (Å²) in [6, 6.07) is 3.52. The second kappa shape index (κ2) is 5.46. The van der Waals surface area contributed by atoms with E-state index in [1.807, 2.05) is 0 Å². The van der Waals surface area contributed by atoms with Crippen molar-refractivity contribution in [3.8, 4) is 0 Å². The van der Waals surface area contributed by atoms with Gasteiger partial charge in [-0.05, 0) is 34.1 Å². The van der Waals surface area contributed by atoms with Gasteiger partial charge in [0.2, 0.25) is 10.0 Å². The Kier molecular flexibility index (Phi) is 4.47. The van der Waals surface area contributed by atoms with E-state index in [4.69, 9.17) is 0 Å². The number of benzene rings is 1. The lowest BCUT2D eigenvalue weighted by Gasteiger charge is -2.08. The fraction of sp³-hybridized carbons (Fsp3) is 0.222. The molecule has 94 valence electrons. The van der Waals surface area contributed by atoms with Gasteiger partial charge in [0, 0.05) is 4.47 Å². The van der Waals surface area contributed by atoms with Crippen molar-refractivity contribution in [3.05, 3.63) is 28.5 Å². The number of rotatable bonds is 4. The van der Waals surface area contributed by atoms with Crippen LogP contribution in [0.2, 0.25) is 0 Å². The number of nitrogens with one attached hydrogen (secondary N) is 1. The summed E-state index contributed by atoms with van der Waals surface area (Å²) in [5, 5.41) is 0. The van der Waals surface area contributed by atoms with Crippen molar-refractivity contribution in [2.75, 3.05) is 17.6 Å². The normalized spacial score (nSPS) is 11.0. The van der Waals surface area contributed by atoms with E-state index in [-0.39, 0.29) is 5.69 Å². The second-order valence-corrected chi connectivity index (χ2v) is 5.64. The van der Waals surface area contributed by atoms with Crippen LogP contribution in [0.1, 0.15) is 0 Å². The van der Waals surface area contributed by atoms with Gasteiger partial charge in [0.25, 0.3) is 0 Å². The summed E-state index contributed by atoms with van der Waals surface area (Å²) in [5.74, 6) is -2.32. The molecule has 0 bridgehead atoms. The minimum absolute atomic E-state index is 0.0221. The first-order valence-corrected chi connectivity index (χ1v) is 6.81. The van der Waals surface area contributed by atoms with Crippen molar-refractivity contribution in [2.24, 2.45) is 0 Å². The van der Waals surface area contributed by atoms with Crippen molar-refractivity contribution < 1.29 is 22.3 Å². The number of sulfonamides is 1. The molecule has 0 atom stereocenters. The van der Waals surface area contributed by atoms with Crippen LogP contribution in [0.4, 0.5) is 10.1 Å². The second-order valence-electron chi connectivity index (χ2n) is 3.06. The Morgan fingerprint density at radius 1 is 1.53 bits per heavy atom. The number of carbonyl (C=O) groups excluding carboxylic acids is 1. The average Bonchev–Trinajstić information content (AvgIpc) is 2.22. The first-order valence-electron chi connectivity index (χ1n) is 4.36. The molecule has 1 rings (SSSR count). The zero-order valence-corrected chi connectivity index (χ0v) is 11.1. The molecule has 1 aromatic rings. The van der Waals surface area contributed by atoms with E-state index in [1.54, 1.807) is 0 Å². The lowest BCUT2D eigenvalue weighted by Crippen LogP contribution is -2.23. The molecule has 0 aliphatic rings. The molecule has 0 heterocycles. The van der Waals surface area contributed by atoms with Crippen LogP contribution in [0.5, 0.6) is 0 Å². The van der Waals surface area contributed by atoms with Crippen LogP contribution < -0.4 is 4.72 Å². The van der Waals surface area contributed by atoms with Gasteiger partial charge < -0.3 is 4.74 Å². The third kappa shape index (κ3) is 4.31. The lowest BCUT2D eigenvalue weighted by molar-refractivity contribution is -0.137. The van der Waals surface area contributed by atoms with Crippen LogP contribution in [0, 0.1) is 5.82 Å². The first-order chi connectivity index (χ1) is 7.84. The summed E-state index contributed by atoms with van der Waals surface area (Å²) in [4.78, 5) is 10.8. The molecule has 0 spiro atoms. The smallest absolute Gasteiger partial charge is 0.322 e. The molecule has 8 heteroatoms. The summed E-state index contributed by atoms with van der Waals surface area (Å²) >= 11 is 3.06. The molecule has 0 aliphatic carbocycles. The number of hydrogen-bond acceptors (Lipinski definition) is 4. The minimum Gasteiger partial charge on any atom is -0.468 e. The highest BCUT2D eigenvalue weighted by molar-refractivity contribution is 9.10. The Bertz CT molecular complexity index is 532. The van der Waals surface area contributed by atoms with Gasteiger partial charge in [-0.3, -0.25) is 9.52 Å². The number of esters is 1. The summed E-state index contributed by atoms with van der Waals surface area (Å²) in [6.07, 6.45) is 0. The van der Waals surface area contributed by atoms with Crippen molar-refractivity contribution in [2.45, 2.75) is 0 Å². The largest absolute Gasteiger partial charge is 0.468 e. The van der Waals surface area contributed by atoms with Crippen molar-refractivity contribution >= 4 is 37.6 Å². The number of hydrogen-bond donors (Lipinski definition) is 1. The van der Waals surface area contributed by atoms with E-state index < -0.39 is 27.6 Å². The highest BCUT2D eigenvalue weighted by Gasteiger charge is 2.18. The zero-order chi connectivity index (χ0) is 13.1. The predicted octanol–water partition coefficient (Wildman–Crippen LogP) is 1.50. The van der Waals surface area contributed by atoms with E-state index in [1.165, 1.54) is 12.1 Å².